The molecule has 1 amide bonds. The third kappa shape index (κ3) is 3.48. The highest BCUT2D eigenvalue weighted by Gasteiger charge is 2.13. The zero-order chi connectivity index (χ0) is 13.0. The fourth-order valence-corrected chi connectivity index (χ4v) is 1.22. The molecule has 5 heteroatoms. The highest BCUT2D eigenvalue weighted by Crippen LogP contribution is 2.12. The van der Waals surface area contributed by atoms with Gasteiger partial charge in [0, 0.05) is 17.8 Å². The van der Waals surface area contributed by atoms with Crippen LogP contribution < -0.4 is 11.1 Å². The Labute approximate surface area is 99.6 Å². The molecule has 0 heterocycles. The van der Waals surface area contributed by atoms with E-state index < -0.39 is 11.9 Å². The fourth-order valence-electron chi connectivity index (χ4n) is 1.22. The van der Waals surface area contributed by atoms with E-state index in [4.69, 9.17) is 10.8 Å². The van der Waals surface area contributed by atoms with Gasteiger partial charge in [-0.1, -0.05) is 13.0 Å². The van der Waals surface area contributed by atoms with Crippen LogP contribution in [-0.4, -0.2) is 23.5 Å². The van der Waals surface area contributed by atoms with Crippen LogP contribution in [0.3, 0.4) is 0 Å². The van der Waals surface area contributed by atoms with E-state index in [9.17, 15) is 9.59 Å². The summed E-state index contributed by atoms with van der Waals surface area (Å²) in [6.07, 6.45) is 0. The van der Waals surface area contributed by atoms with Crippen molar-refractivity contribution in [1.82, 2.24) is 5.32 Å². The van der Waals surface area contributed by atoms with Gasteiger partial charge in [0.2, 0.25) is 0 Å². The van der Waals surface area contributed by atoms with Crippen LogP contribution in [0.15, 0.2) is 18.2 Å². The van der Waals surface area contributed by atoms with Crippen LogP contribution in [-0.2, 0) is 4.79 Å². The molecule has 1 unspecified atom stereocenters. The second kappa shape index (κ2) is 5.34. The molecule has 1 atom stereocenters. The molecule has 5 nitrogen and oxygen atoms in total. The van der Waals surface area contributed by atoms with Gasteiger partial charge in [0.05, 0.1) is 5.92 Å². The van der Waals surface area contributed by atoms with Crippen molar-refractivity contribution in [1.29, 1.82) is 0 Å². The summed E-state index contributed by atoms with van der Waals surface area (Å²) in [7, 11) is 0. The Bertz CT molecular complexity index is 443. The van der Waals surface area contributed by atoms with E-state index in [-0.39, 0.29) is 12.5 Å². The van der Waals surface area contributed by atoms with Crippen molar-refractivity contribution < 1.29 is 14.7 Å². The summed E-state index contributed by atoms with van der Waals surface area (Å²) >= 11 is 0. The molecule has 17 heavy (non-hydrogen) atoms. The molecule has 0 aliphatic carbocycles. The highest BCUT2D eigenvalue weighted by atomic mass is 16.4. The first-order valence-electron chi connectivity index (χ1n) is 5.29. The molecule has 0 radical (unpaired) electrons. The lowest BCUT2D eigenvalue weighted by molar-refractivity contribution is -0.140. The maximum absolute atomic E-state index is 11.7. The minimum absolute atomic E-state index is 0.0992. The minimum Gasteiger partial charge on any atom is -0.481 e. The van der Waals surface area contributed by atoms with E-state index in [0.717, 1.165) is 5.56 Å². The second-order valence-corrected chi connectivity index (χ2v) is 4.02. The van der Waals surface area contributed by atoms with Crippen LogP contribution >= 0.6 is 0 Å². The molecule has 1 aromatic carbocycles. The lowest BCUT2D eigenvalue weighted by atomic mass is 10.1. The van der Waals surface area contributed by atoms with Crippen molar-refractivity contribution in [3.05, 3.63) is 29.3 Å². The first-order chi connectivity index (χ1) is 7.91. The van der Waals surface area contributed by atoms with Crippen LogP contribution in [0.25, 0.3) is 0 Å². The van der Waals surface area contributed by atoms with Crippen molar-refractivity contribution in [2.75, 3.05) is 12.3 Å². The van der Waals surface area contributed by atoms with Crippen LogP contribution in [0.1, 0.15) is 22.8 Å². The third-order valence-corrected chi connectivity index (χ3v) is 2.53. The minimum atomic E-state index is -0.936. The van der Waals surface area contributed by atoms with Crippen LogP contribution in [0, 0.1) is 12.8 Å². The number of anilines is 1. The summed E-state index contributed by atoms with van der Waals surface area (Å²) in [5.74, 6) is -1.86. The van der Waals surface area contributed by atoms with Gasteiger partial charge in [0.25, 0.3) is 5.91 Å². The Balaban J connectivity index is 2.64. The summed E-state index contributed by atoms with van der Waals surface area (Å²) < 4.78 is 0. The molecule has 0 saturated carbocycles. The molecule has 1 aromatic rings. The summed E-state index contributed by atoms with van der Waals surface area (Å²) in [5, 5.41) is 11.2. The molecule has 4 N–H and O–H groups in total. The number of carbonyl (C=O) groups is 2. The number of nitrogen functional groups attached to an aromatic ring is 1. The molecule has 0 aromatic heterocycles. The maximum Gasteiger partial charge on any atom is 0.308 e. The number of carboxylic acid groups (broad SMARTS) is 1. The Morgan fingerprint density at radius 1 is 1.47 bits per heavy atom. The zero-order valence-corrected chi connectivity index (χ0v) is 9.86. The van der Waals surface area contributed by atoms with Crippen LogP contribution in [0.4, 0.5) is 5.69 Å². The van der Waals surface area contributed by atoms with E-state index >= 15 is 0 Å². The predicted octanol–water partition coefficient (Wildman–Crippen LogP) is 1.03. The van der Waals surface area contributed by atoms with Gasteiger partial charge in [0.1, 0.15) is 0 Å². The molecule has 0 fully saturated rings. The van der Waals surface area contributed by atoms with Gasteiger partial charge >= 0.3 is 5.97 Å². The lowest BCUT2D eigenvalue weighted by Gasteiger charge is -2.09. The molecule has 0 aliphatic rings. The summed E-state index contributed by atoms with van der Waals surface area (Å²) in [6.45, 7) is 3.48. The number of rotatable bonds is 4. The number of carbonyl (C=O) groups excluding carboxylic acids is 1. The molecule has 92 valence electrons. The van der Waals surface area contributed by atoms with Gasteiger partial charge in [-0.3, -0.25) is 9.59 Å². The Hall–Kier alpha value is -2.04. The highest BCUT2D eigenvalue weighted by molar-refractivity contribution is 5.95. The van der Waals surface area contributed by atoms with Gasteiger partial charge in [-0.15, -0.1) is 0 Å². The number of hydrogen-bond acceptors (Lipinski definition) is 3. The number of benzene rings is 1. The Morgan fingerprint density at radius 3 is 2.65 bits per heavy atom. The van der Waals surface area contributed by atoms with E-state index in [2.05, 4.69) is 5.32 Å². The zero-order valence-electron chi connectivity index (χ0n) is 9.86. The average Bonchev–Trinajstić information content (AvgIpc) is 2.28. The molecule has 0 aliphatic heterocycles. The van der Waals surface area contributed by atoms with Crippen LogP contribution in [0.5, 0.6) is 0 Å². The smallest absolute Gasteiger partial charge is 0.308 e. The van der Waals surface area contributed by atoms with E-state index in [1.54, 1.807) is 18.2 Å². The average molecular weight is 236 g/mol. The molecule has 0 saturated heterocycles. The number of aryl methyl sites for hydroxylation is 1. The van der Waals surface area contributed by atoms with Crippen LogP contribution in [0.2, 0.25) is 0 Å². The molecule has 1 rings (SSSR count). The van der Waals surface area contributed by atoms with E-state index in [0.29, 0.717) is 11.3 Å². The van der Waals surface area contributed by atoms with Crippen molar-refractivity contribution in [3.63, 3.8) is 0 Å². The monoisotopic (exact) mass is 236 g/mol. The standard InChI is InChI=1S/C12H16N2O3/c1-7-3-4-9(5-10(7)13)11(15)14-6-8(2)12(16)17/h3-5,8H,6,13H2,1-2H3,(H,14,15)(H,16,17). The second-order valence-electron chi connectivity index (χ2n) is 4.02. The van der Waals surface area contributed by atoms with Gasteiger partial charge < -0.3 is 16.2 Å². The number of amides is 1. The maximum atomic E-state index is 11.7. The van der Waals surface area contributed by atoms with Gasteiger partial charge in [-0.05, 0) is 24.6 Å². The topological polar surface area (TPSA) is 92.4 Å². The largest absolute Gasteiger partial charge is 0.481 e. The molecular formula is C12H16N2O3. The van der Waals surface area contributed by atoms with Gasteiger partial charge in [-0.2, -0.15) is 0 Å². The molecule has 0 spiro atoms. The lowest BCUT2D eigenvalue weighted by Crippen LogP contribution is -2.31. The SMILES string of the molecule is Cc1ccc(C(=O)NCC(C)C(=O)O)cc1N. The number of hydrogen-bond donors (Lipinski definition) is 3. The number of aliphatic carboxylic acids is 1. The summed E-state index contributed by atoms with van der Waals surface area (Å²) in [4.78, 5) is 22.3. The quantitative estimate of drug-likeness (QED) is 0.681. The van der Waals surface area contributed by atoms with Crippen molar-refractivity contribution in [2.24, 2.45) is 5.92 Å². The first kappa shape index (κ1) is 13.0. The van der Waals surface area contributed by atoms with Crippen molar-refractivity contribution >= 4 is 17.6 Å². The molecular weight excluding hydrogens is 220 g/mol. The predicted molar refractivity (Wildman–Crippen MR) is 64.7 cm³/mol. The third-order valence-electron chi connectivity index (χ3n) is 2.53. The normalized spacial score (nSPS) is 11.9. The summed E-state index contributed by atoms with van der Waals surface area (Å²) in [6, 6.07) is 4.99. The Kier molecular flexibility index (Phi) is 4.09. The number of nitrogens with one attached hydrogen (secondary N) is 1. The fraction of sp³-hybridized carbons (Fsp3) is 0.333. The van der Waals surface area contributed by atoms with Gasteiger partial charge in [-0.25, -0.2) is 0 Å². The summed E-state index contributed by atoms with van der Waals surface area (Å²) in [5.41, 5.74) is 7.57. The number of nitrogens with two attached hydrogens (primary N) is 1. The van der Waals surface area contributed by atoms with Crippen molar-refractivity contribution in [2.45, 2.75) is 13.8 Å². The number of carboxylic acids is 1. The van der Waals surface area contributed by atoms with E-state index in [1.807, 2.05) is 6.92 Å². The molecule has 0 bridgehead atoms. The van der Waals surface area contributed by atoms with Gasteiger partial charge in [0.15, 0.2) is 0 Å². The van der Waals surface area contributed by atoms with E-state index in [1.165, 1.54) is 6.92 Å². The van der Waals surface area contributed by atoms with Crippen molar-refractivity contribution in [3.8, 4) is 0 Å². The first-order valence-corrected chi connectivity index (χ1v) is 5.29. The Morgan fingerprint density at radius 2 is 2.12 bits per heavy atom.